The molecule has 0 aliphatic carbocycles. The SMILES string of the molecule is CCCc1nc(-c2ccc(Cl)cc2)nc2cc(C(=O)NCc3cncn3C)ccc12. The number of aryl methyl sites for hydroxylation is 2. The molecule has 4 aromatic rings. The van der Waals surface area contributed by atoms with Crippen LogP contribution in [0.2, 0.25) is 5.02 Å². The van der Waals surface area contributed by atoms with Crippen molar-refractivity contribution in [3.8, 4) is 11.4 Å². The molecule has 0 bridgehead atoms. The number of fused-ring (bicyclic) bond motifs is 1. The summed E-state index contributed by atoms with van der Waals surface area (Å²) >= 11 is 6.02. The Balaban J connectivity index is 1.68. The van der Waals surface area contributed by atoms with E-state index in [1.165, 1.54) is 0 Å². The van der Waals surface area contributed by atoms with Crippen LogP contribution in [0.5, 0.6) is 0 Å². The van der Waals surface area contributed by atoms with Crippen LogP contribution in [0, 0.1) is 0 Å². The van der Waals surface area contributed by atoms with Gasteiger partial charge in [-0.15, -0.1) is 0 Å². The zero-order valence-corrected chi connectivity index (χ0v) is 17.6. The van der Waals surface area contributed by atoms with Gasteiger partial charge in [0, 0.05) is 34.8 Å². The molecule has 2 aromatic carbocycles. The van der Waals surface area contributed by atoms with Gasteiger partial charge in [0.1, 0.15) is 0 Å². The maximum atomic E-state index is 12.7. The van der Waals surface area contributed by atoms with Crippen LogP contribution in [0.4, 0.5) is 0 Å². The number of amides is 1. The normalized spacial score (nSPS) is 11.0. The first-order valence-corrected chi connectivity index (χ1v) is 10.2. The summed E-state index contributed by atoms with van der Waals surface area (Å²) in [4.78, 5) is 26.3. The Morgan fingerprint density at radius 1 is 1.13 bits per heavy atom. The summed E-state index contributed by atoms with van der Waals surface area (Å²) in [6.07, 6.45) is 5.26. The van der Waals surface area contributed by atoms with Gasteiger partial charge >= 0.3 is 0 Å². The number of carbonyl (C=O) groups is 1. The van der Waals surface area contributed by atoms with Gasteiger partial charge in [-0.05, 0) is 42.8 Å². The van der Waals surface area contributed by atoms with E-state index in [4.69, 9.17) is 21.6 Å². The Kier molecular flexibility index (Phi) is 5.77. The molecule has 0 fully saturated rings. The molecule has 0 radical (unpaired) electrons. The van der Waals surface area contributed by atoms with Crippen molar-refractivity contribution in [1.82, 2.24) is 24.8 Å². The zero-order valence-electron chi connectivity index (χ0n) is 16.9. The van der Waals surface area contributed by atoms with Crippen LogP contribution >= 0.6 is 11.6 Å². The number of aromatic nitrogens is 4. The monoisotopic (exact) mass is 419 g/mol. The van der Waals surface area contributed by atoms with E-state index < -0.39 is 0 Å². The zero-order chi connectivity index (χ0) is 21.1. The van der Waals surface area contributed by atoms with Gasteiger partial charge in [0.05, 0.1) is 29.8 Å². The summed E-state index contributed by atoms with van der Waals surface area (Å²) < 4.78 is 1.88. The lowest BCUT2D eigenvalue weighted by Gasteiger charge is -2.10. The quantitative estimate of drug-likeness (QED) is 0.497. The van der Waals surface area contributed by atoms with Crippen LogP contribution in [0.25, 0.3) is 22.3 Å². The molecule has 30 heavy (non-hydrogen) atoms. The second kappa shape index (κ2) is 8.63. The first-order chi connectivity index (χ1) is 14.5. The third kappa shape index (κ3) is 4.19. The number of nitrogens with zero attached hydrogens (tertiary/aromatic N) is 4. The van der Waals surface area contributed by atoms with Gasteiger partial charge in [-0.25, -0.2) is 15.0 Å². The molecule has 7 heteroatoms. The van der Waals surface area contributed by atoms with Gasteiger partial charge < -0.3 is 9.88 Å². The van der Waals surface area contributed by atoms with Crippen molar-refractivity contribution in [2.24, 2.45) is 7.05 Å². The van der Waals surface area contributed by atoms with Crippen molar-refractivity contribution < 1.29 is 4.79 Å². The van der Waals surface area contributed by atoms with Crippen LogP contribution in [0.15, 0.2) is 55.0 Å². The number of nitrogens with one attached hydrogen (secondary N) is 1. The maximum absolute atomic E-state index is 12.7. The molecule has 1 amide bonds. The fourth-order valence-electron chi connectivity index (χ4n) is 3.32. The number of halogens is 1. The van der Waals surface area contributed by atoms with Gasteiger partial charge in [-0.3, -0.25) is 4.79 Å². The summed E-state index contributed by atoms with van der Waals surface area (Å²) in [5.41, 5.74) is 4.13. The predicted octanol–water partition coefficient (Wildman–Crippen LogP) is 4.57. The molecule has 1 N–H and O–H groups in total. The van der Waals surface area contributed by atoms with Gasteiger partial charge in [-0.2, -0.15) is 0 Å². The van der Waals surface area contributed by atoms with E-state index in [2.05, 4.69) is 17.2 Å². The second-order valence-electron chi connectivity index (χ2n) is 7.16. The minimum atomic E-state index is -0.151. The van der Waals surface area contributed by atoms with Crippen LogP contribution in [-0.2, 0) is 20.0 Å². The molecule has 2 heterocycles. The summed E-state index contributed by atoms with van der Waals surface area (Å²) in [6, 6.07) is 13.1. The molecule has 6 nitrogen and oxygen atoms in total. The van der Waals surface area contributed by atoms with Crippen molar-refractivity contribution in [2.45, 2.75) is 26.3 Å². The molecule has 0 saturated carbocycles. The lowest BCUT2D eigenvalue weighted by molar-refractivity contribution is 0.0950. The smallest absolute Gasteiger partial charge is 0.251 e. The van der Waals surface area contributed by atoms with Crippen molar-refractivity contribution in [3.05, 3.63) is 77.0 Å². The Morgan fingerprint density at radius 2 is 1.93 bits per heavy atom. The highest BCUT2D eigenvalue weighted by Gasteiger charge is 2.13. The molecule has 0 aliphatic rings. The first-order valence-electron chi connectivity index (χ1n) is 9.85. The molecule has 0 atom stereocenters. The van der Waals surface area contributed by atoms with Crippen molar-refractivity contribution in [3.63, 3.8) is 0 Å². The van der Waals surface area contributed by atoms with Crippen molar-refractivity contribution in [2.75, 3.05) is 0 Å². The van der Waals surface area contributed by atoms with E-state index in [9.17, 15) is 4.79 Å². The topological polar surface area (TPSA) is 72.7 Å². The predicted molar refractivity (Wildman–Crippen MR) is 118 cm³/mol. The molecule has 2 aromatic heterocycles. The number of hydrogen-bond donors (Lipinski definition) is 1. The van der Waals surface area contributed by atoms with Crippen molar-refractivity contribution >= 4 is 28.4 Å². The minimum Gasteiger partial charge on any atom is -0.346 e. The van der Waals surface area contributed by atoms with Gasteiger partial charge in [0.15, 0.2) is 5.82 Å². The van der Waals surface area contributed by atoms with E-state index in [-0.39, 0.29) is 5.91 Å². The summed E-state index contributed by atoms with van der Waals surface area (Å²) in [6.45, 7) is 2.53. The molecule has 0 spiro atoms. The largest absolute Gasteiger partial charge is 0.346 e. The van der Waals surface area contributed by atoms with Crippen molar-refractivity contribution in [1.29, 1.82) is 0 Å². The van der Waals surface area contributed by atoms with Crippen LogP contribution < -0.4 is 5.32 Å². The molecule has 0 saturated heterocycles. The highest BCUT2D eigenvalue weighted by molar-refractivity contribution is 6.30. The fraction of sp³-hybridized carbons (Fsp3) is 0.217. The first kappa shape index (κ1) is 20.0. The molecule has 0 unspecified atom stereocenters. The van der Waals surface area contributed by atoms with E-state index in [1.807, 2.05) is 54.1 Å². The Bertz CT molecular complexity index is 1200. The fourth-order valence-corrected chi connectivity index (χ4v) is 3.45. The van der Waals surface area contributed by atoms with Gasteiger partial charge in [0.25, 0.3) is 5.91 Å². The molecular weight excluding hydrogens is 398 g/mol. The average molecular weight is 420 g/mol. The number of carbonyl (C=O) groups excluding carboxylic acids is 1. The third-order valence-corrected chi connectivity index (χ3v) is 5.23. The Labute approximate surface area is 180 Å². The number of hydrogen-bond acceptors (Lipinski definition) is 4. The average Bonchev–Trinajstić information content (AvgIpc) is 3.17. The van der Waals surface area contributed by atoms with E-state index in [0.29, 0.717) is 23.0 Å². The van der Waals surface area contributed by atoms with E-state index in [1.54, 1.807) is 12.5 Å². The van der Waals surface area contributed by atoms with Crippen LogP contribution in [0.3, 0.4) is 0 Å². The second-order valence-corrected chi connectivity index (χ2v) is 7.60. The highest BCUT2D eigenvalue weighted by Crippen LogP contribution is 2.25. The number of benzene rings is 2. The lowest BCUT2D eigenvalue weighted by Crippen LogP contribution is -2.23. The number of rotatable bonds is 6. The van der Waals surface area contributed by atoms with E-state index >= 15 is 0 Å². The standard InChI is InChI=1S/C23H22ClN5O/c1-3-4-20-19-10-7-16(23(30)26-13-18-12-25-14-29(18)2)11-21(19)28-22(27-20)15-5-8-17(24)9-6-15/h5-12,14H,3-4,13H2,1-2H3,(H,26,30). The Hall–Kier alpha value is -3.25. The lowest BCUT2D eigenvalue weighted by atomic mass is 10.1. The van der Waals surface area contributed by atoms with Gasteiger partial charge in [0.2, 0.25) is 0 Å². The van der Waals surface area contributed by atoms with E-state index in [0.717, 1.165) is 40.7 Å². The summed E-state index contributed by atoms with van der Waals surface area (Å²) in [7, 11) is 1.90. The Morgan fingerprint density at radius 3 is 2.63 bits per heavy atom. The molecular formula is C23H22ClN5O. The maximum Gasteiger partial charge on any atom is 0.251 e. The van der Waals surface area contributed by atoms with Gasteiger partial charge in [-0.1, -0.05) is 31.0 Å². The molecule has 0 aliphatic heterocycles. The molecule has 152 valence electrons. The van der Waals surface area contributed by atoms with Crippen LogP contribution in [-0.4, -0.2) is 25.4 Å². The third-order valence-electron chi connectivity index (χ3n) is 4.97. The minimum absolute atomic E-state index is 0.151. The van der Waals surface area contributed by atoms with Crippen LogP contribution in [0.1, 0.15) is 35.1 Å². The number of imidazole rings is 1. The highest BCUT2D eigenvalue weighted by atomic mass is 35.5. The summed E-state index contributed by atoms with van der Waals surface area (Å²) in [5.74, 6) is 0.483. The molecule has 4 rings (SSSR count). The summed E-state index contributed by atoms with van der Waals surface area (Å²) in [5, 5.41) is 4.58.